The van der Waals surface area contributed by atoms with E-state index in [0.717, 1.165) is 52.8 Å². The third-order valence-corrected chi connectivity index (χ3v) is 6.84. The van der Waals surface area contributed by atoms with Crippen molar-refractivity contribution < 1.29 is 9.53 Å². The molecule has 1 aromatic carbocycles. The fraction of sp³-hybridized carbons (Fsp3) is 0.414. The largest absolute Gasteiger partial charge is 0.465 e. The Morgan fingerprint density at radius 3 is 2.81 bits per heavy atom. The van der Waals surface area contributed by atoms with Crippen LogP contribution in [0.15, 0.2) is 54.7 Å². The van der Waals surface area contributed by atoms with E-state index in [0.29, 0.717) is 11.4 Å². The van der Waals surface area contributed by atoms with Gasteiger partial charge in [-0.15, -0.1) is 0 Å². The van der Waals surface area contributed by atoms with Crippen LogP contribution in [0.1, 0.15) is 61.6 Å². The zero-order valence-electron chi connectivity index (χ0n) is 21.6. The molecule has 190 valence electrons. The highest BCUT2D eigenvalue weighted by molar-refractivity contribution is 6.12. The zero-order valence-corrected chi connectivity index (χ0v) is 21.6. The number of benzene rings is 1. The molecule has 1 aliphatic rings. The van der Waals surface area contributed by atoms with Crippen molar-refractivity contribution in [2.75, 3.05) is 38.6 Å². The fourth-order valence-electron chi connectivity index (χ4n) is 4.68. The molecule has 0 saturated carbocycles. The van der Waals surface area contributed by atoms with E-state index in [4.69, 9.17) is 14.7 Å². The molecule has 4 rings (SSSR count). The maximum absolute atomic E-state index is 12.1. The number of carbonyl (C=O) groups is 1. The molecule has 3 heterocycles. The Kier molecular flexibility index (Phi) is 8.54. The van der Waals surface area contributed by atoms with Gasteiger partial charge in [0.05, 0.1) is 18.1 Å². The van der Waals surface area contributed by atoms with E-state index in [1.165, 1.54) is 39.5 Å². The number of hydrogen-bond acceptors (Lipinski definition) is 6. The van der Waals surface area contributed by atoms with Crippen LogP contribution in [0, 0.1) is 0 Å². The molecule has 3 aromatic rings. The Labute approximate surface area is 213 Å². The van der Waals surface area contributed by atoms with E-state index in [-0.39, 0.29) is 11.9 Å². The number of nitrogens with one attached hydrogen (secondary N) is 2. The lowest BCUT2D eigenvalue weighted by molar-refractivity contribution is 0.0601. The van der Waals surface area contributed by atoms with Gasteiger partial charge in [0.1, 0.15) is 17.3 Å². The molecule has 7 heteroatoms. The average Bonchev–Trinajstić information content (AvgIpc) is 3.28. The number of H-pyrrole nitrogens is 1. The summed E-state index contributed by atoms with van der Waals surface area (Å²) in [4.78, 5) is 27.9. The molecule has 1 fully saturated rings. The standard InChI is InChI=1S/C29H37N5O2/c1-5-6-8-12-20(2)21(3)26-32-27(30-15-11-18-34-16-9-7-10-17-34)25-23-14-13-22(29(35)36-4)19-24(23)31-28(25)33-26/h5-6,8,12-14,19,21H,2,7,9-11,15-18H2,1,3-4H3,(H2,30,31,32,33)/b6-5-,12-8-. The number of likely N-dealkylation sites (tertiary alicyclic amines) is 1. The summed E-state index contributed by atoms with van der Waals surface area (Å²) in [6.07, 6.45) is 12.9. The average molecular weight is 488 g/mol. The summed E-state index contributed by atoms with van der Waals surface area (Å²) in [6.45, 7) is 12.6. The predicted molar refractivity (Wildman–Crippen MR) is 148 cm³/mol. The van der Waals surface area contributed by atoms with Gasteiger partial charge in [0.15, 0.2) is 0 Å². The molecular weight excluding hydrogens is 450 g/mol. The number of esters is 1. The molecule has 2 aromatic heterocycles. The molecule has 0 amide bonds. The van der Waals surface area contributed by atoms with Crippen molar-refractivity contribution in [3.05, 3.63) is 66.0 Å². The molecule has 1 saturated heterocycles. The van der Waals surface area contributed by atoms with Crippen molar-refractivity contribution in [3.8, 4) is 0 Å². The first kappa shape index (κ1) is 25.6. The van der Waals surface area contributed by atoms with E-state index in [2.05, 4.69) is 28.7 Å². The molecule has 0 bridgehead atoms. The highest BCUT2D eigenvalue weighted by atomic mass is 16.5. The number of ether oxygens (including phenoxy) is 1. The summed E-state index contributed by atoms with van der Waals surface area (Å²) < 4.78 is 4.90. The maximum atomic E-state index is 12.1. The van der Waals surface area contributed by atoms with Crippen LogP contribution in [-0.4, -0.2) is 59.1 Å². The number of aromatic amines is 1. The minimum Gasteiger partial charge on any atom is -0.465 e. The Morgan fingerprint density at radius 1 is 1.25 bits per heavy atom. The monoisotopic (exact) mass is 487 g/mol. The summed E-state index contributed by atoms with van der Waals surface area (Å²) in [5, 5.41) is 5.50. The zero-order chi connectivity index (χ0) is 25.5. The number of nitrogens with zero attached hydrogens (tertiary/aromatic N) is 3. The summed E-state index contributed by atoms with van der Waals surface area (Å²) in [6, 6.07) is 5.53. The van der Waals surface area contributed by atoms with Crippen LogP contribution in [0.4, 0.5) is 5.82 Å². The number of fused-ring (bicyclic) bond motifs is 3. The molecule has 7 nitrogen and oxygen atoms in total. The van der Waals surface area contributed by atoms with Crippen molar-refractivity contribution in [3.63, 3.8) is 0 Å². The molecular formula is C29H37N5O2. The van der Waals surface area contributed by atoms with E-state index >= 15 is 0 Å². The molecule has 2 N–H and O–H groups in total. The predicted octanol–water partition coefficient (Wildman–Crippen LogP) is 5.98. The number of rotatable bonds is 10. The van der Waals surface area contributed by atoms with Gasteiger partial charge in [-0.25, -0.2) is 14.8 Å². The van der Waals surface area contributed by atoms with Gasteiger partial charge in [0.2, 0.25) is 0 Å². The number of anilines is 1. The summed E-state index contributed by atoms with van der Waals surface area (Å²) in [5.41, 5.74) is 3.01. The van der Waals surface area contributed by atoms with Crippen molar-refractivity contribution in [2.45, 2.75) is 45.4 Å². The van der Waals surface area contributed by atoms with Crippen LogP contribution in [0.25, 0.3) is 21.9 Å². The minimum absolute atomic E-state index is 0.0538. The molecule has 36 heavy (non-hydrogen) atoms. The highest BCUT2D eigenvalue weighted by Crippen LogP contribution is 2.33. The van der Waals surface area contributed by atoms with Crippen LogP contribution in [0.5, 0.6) is 0 Å². The molecule has 0 spiro atoms. The number of aromatic nitrogens is 3. The van der Waals surface area contributed by atoms with Gasteiger partial charge in [-0.1, -0.05) is 50.3 Å². The lowest BCUT2D eigenvalue weighted by Gasteiger charge is -2.26. The second kappa shape index (κ2) is 12.0. The van der Waals surface area contributed by atoms with Crippen LogP contribution in [0.3, 0.4) is 0 Å². The normalized spacial score (nSPS) is 15.8. The van der Waals surface area contributed by atoms with E-state index in [9.17, 15) is 4.79 Å². The lowest BCUT2D eigenvalue weighted by atomic mass is 10.0. The number of allylic oxidation sites excluding steroid dienone is 5. The first-order chi connectivity index (χ1) is 17.5. The topological polar surface area (TPSA) is 83.1 Å². The Hall–Kier alpha value is -3.45. The van der Waals surface area contributed by atoms with Crippen molar-refractivity contribution in [1.29, 1.82) is 0 Å². The van der Waals surface area contributed by atoms with Gasteiger partial charge in [-0.2, -0.15) is 0 Å². The van der Waals surface area contributed by atoms with Gasteiger partial charge < -0.3 is 19.9 Å². The molecule has 1 aliphatic heterocycles. The Morgan fingerprint density at radius 2 is 2.06 bits per heavy atom. The van der Waals surface area contributed by atoms with Crippen LogP contribution < -0.4 is 5.32 Å². The van der Waals surface area contributed by atoms with Crippen molar-refractivity contribution in [1.82, 2.24) is 19.9 Å². The van der Waals surface area contributed by atoms with Gasteiger partial charge in [-0.3, -0.25) is 0 Å². The van der Waals surface area contributed by atoms with Crippen LogP contribution in [0.2, 0.25) is 0 Å². The second-order valence-corrected chi connectivity index (χ2v) is 9.40. The maximum Gasteiger partial charge on any atom is 0.337 e. The van der Waals surface area contributed by atoms with E-state index in [1.807, 2.05) is 43.4 Å². The Bertz CT molecular complexity index is 1280. The van der Waals surface area contributed by atoms with Gasteiger partial charge >= 0.3 is 5.97 Å². The van der Waals surface area contributed by atoms with Crippen LogP contribution >= 0.6 is 0 Å². The van der Waals surface area contributed by atoms with Gasteiger partial charge in [0.25, 0.3) is 0 Å². The number of piperidine rings is 1. The molecule has 0 radical (unpaired) electrons. The first-order valence-electron chi connectivity index (χ1n) is 12.9. The van der Waals surface area contributed by atoms with E-state index < -0.39 is 0 Å². The number of hydrogen-bond donors (Lipinski definition) is 2. The SMILES string of the molecule is C=C(/C=C\C=C/C)C(C)c1nc(NCCCN2CCCCC2)c2c(n1)[nH]c1cc(C(=O)OC)ccc12. The quantitative estimate of drug-likeness (QED) is 0.208. The Balaban J connectivity index is 1.65. The molecule has 1 unspecified atom stereocenters. The number of methoxy groups -OCH3 is 1. The van der Waals surface area contributed by atoms with Crippen molar-refractivity contribution >= 4 is 33.7 Å². The fourth-order valence-corrected chi connectivity index (χ4v) is 4.68. The molecule has 0 aliphatic carbocycles. The lowest BCUT2D eigenvalue weighted by Crippen LogP contribution is -2.31. The summed E-state index contributed by atoms with van der Waals surface area (Å²) in [5.74, 6) is 1.09. The van der Waals surface area contributed by atoms with Gasteiger partial charge in [0, 0.05) is 23.4 Å². The van der Waals surface area contributed by atoms with E-state index in [1.54, 1.807) is 6.07 Å². The van der Waals surface area contributed by atoms with Gasteiger partial charge in [-0.05, 0) is 63.5 Å². The van der Waals surface area contributed by atoms with Crippen molar-refractivity contribution in [2.24, 2.45) is 0 Å². The van der Waals surface area contributed by atoms with Crippen LogP contribution in [-0.2, 0) is 4.74 Å². The number of carbonyl (C=O) groups excluding carboxylic acids is 1. The first-order valence-corrected chi connectivity index (χ1v) is 12.9. The third-order valence-electron chi connectivity index (χ3n) is 6.84. The highest BCUT2D eigenvalue weighted by Gasteiger charge is 2.19. The third kappa shape index (κ3) is 5.85. The minimum atomic E-state index is -0.365. The smallest absolute Gasteiger partial charge is 0.337 e. The summed E-state index contributed by atoms with van der Waals surface area (Å²) in [7, 11) is 1.39. The summed E-state index contributed by atoms with van der Waals surface area (Å²) >= 11 is 0. The second-order valence-electron chi connectivity index (χ2n) is 9.40. The molecule has 1 atom stereocenters.